The predicted molar refractivity (Wildman–Crippen MR) is 37.9 cm³/mol. The van der Waals surface area contributed by atoms with Crippen LogP contribution in [0.25, 0.3) is 0 Å². The van der Waals surface area contributed by atoms with Crippen molar-refractivity contribution in [3.8, 4) is 0 Å². The van der Waals surface area contributed by atoms with Gasteiger partial charge in [-0.2, -0.15) is 0 Å². The van der Waals surface area contributed by atoms with Crippen LogP contribution < -0.4 is 5.73 Å². The molecule has 0 aromatic carbocycles. The second-order valence-corrected chi connectivity index (χ2v) is 2.09. The van der Waals surface area contributed by atoms with Crippen molar-refractivity contribution in [2.24, 2.45) is 5.73 Å². The van der Waals surface area contributed by atoms with Crippen LogP contribution in [0.4, 0.5) is 0 Å². The maximum atomic E-state index is 10.4. The molecule has 0 spiro atoms. The molecule has 0 rings (SSSR count). The summed E-state index contributed by atoms with van der Waals surface area (Å²) in [5.41, 5.74) is 4.96. The molecule has 0 heterocycles. The molecule has 0 aliphatic heterocycles. The van der Waals surface area contributed by atoms with Gasteiger partial charge in [-0.25, -0.2) is 0 Å². The first-order chi connectivity index (χ1) is 4.22. The van der Waals surface area contributed by atoms with Gasteiger partial charge >= 0.3 is 0 Å². The Morgan fingerprint density at radius 1 is 1.89 bits per heavy atom. The van der Waals surface area contributed by atoms with Crippen LogP contribution in [-0.4, -0.2) is 18.3 Å². The number of carbonyl (C=O) groups excluding carboxylic acids is 1. The van der Waals surface area contributed by atoms with Gasteiger partial charge in [0, 0.05) is 6.26 Å². The quantitative estimate of drug-likeness (QED) is 0.594. The summed E-state index contributed by atoms with van der Waals surface area (Å²) in [5.74, 6) is -0.396. The van der Waals surface area contributed by atoms with Crippen molar-refractivity contribution >= 4 is 17.9 Å². The number of carbonyl (C=O) groups is 1. The minimum absolute atomic E-state index is 0.396. The lowest BCUT2D eigenvalue weighted by molar-refractivity contribution is -0.124. The average Bonchev–Trinajstić information content (AvgIpc) is 1.82. The van der Waals surface area contributed by atoms with Crippen LogP contribution >= 0.6 is 12.0 Å². The molecule has 0 saturated carbocycles. The summed E-state index contributed by atoms with van der Waals surface area (Å²) in [4.78, 5) is 10.4. The molecule has 54 valence electrons. The van der Waals surface area contributed by atoms with Gasteiger partial charge in [-0.15, -0.1) is 0 Å². The normalized spacial score (nSPS) is 13.1. The Hall–Kier alpha value is -0.220. The van der Waals surface area contributed by atoms with E-state index in [2.05, 4.69) is 0 Å². The Bertz CT molecular complexity index is 97.0. The first-order valence-corrected chi connectivity index (χ1v) is 3.86. The topological polar surface area (TPSA) is 52.3 Å². The third-order valence-corrected chi connectivity index (χ3v) is 1.33. The zero-order valence-corrected chi connectivity index (χ0v) is 6.40. The molecule has 3 nitrogen and oxygen atoms in total. The Kier molecular flexibility index (Phi) is 4.53. The van der Waals surface area contributed by atoms with Gasteiger partial charge in [0.15, 0.2) is 0 Å². The summed E-state index contributed by atoms with van der Waals surface area (Å²) in [6, 6.07) is 0. The molecular formula is C5H11NO2S. The van der Waals surface area contributed by atoms with Gasteiger partial charge in [-0.3, -0.25) is 4.79 Å². The van der Waals surface area contributed by atoms with Gasteiger partial charge < -0.3 is 9.92 Å². The summed E-state index contributed by atoms with van der Waals surface area (Å²) in [5, 5.41) is 0. The highest BCUT2D eigenvalue weighted by Gasteiger charge is 2.11. The molecule has 0 bridgehead atoms. The number of nitrogens with two attached hydrogens (primary N) is 1. The lowest BCUT2D eigenvalue weighted by Crippen LogP contribution is -2.28. The van der Waals surface area contributed by atoms with Gasteiger partial charge in [-0.05, 0) is 18.5 Å². The van der Waals surface area contributed by atoms with E-state index in [-0.39, 0.29) is 0 Å². The van der Waals surface area contributed by atoms with E-state index in [9.17, 15) is 4.79 Å². The molecule has 0 aliphatic carbocycles. The van der Waals surface area contributed by atoms with E-state index in [4.69, 9.17) is 9.92 Å². The molecule has 0 aromatic heterocycles. The number of primary amides is 1. The molecule has 0 aromatic rings. The van der Waals surface area contributed by atoms with Gasteiger partial charge in [-0.1, -0.05) is 6.92 Å². The molecule has 0 saturated heterocycles. The minimum atomic E-state index is -0.431. The second-order valence-electron chi connectivity index (χ2n) is 1.56. The van der Waals surface area contributed by atoms with Gasteiger partial charge in [0.1, 0.15) is 6.10 Å². The summed E-state index contributed by atoms with van der Waals surface area (Å²) in [6.45, 7) is 1.85. The highest BCUT2D eigenvalue weighted by atomic mass is 32.2. The van der Waals surface area contributed by atoms with Gasteiger partial charge in [0.25, 0.3) is 0 Å². The third kappa shape index (κ3) is 3.37. The van der Waals surface area contributed by atoms with Gasteiger partial charge in [0.05, 0.1) is 0 Å². The first kappa shape index (κ1) is 8.78. The van der Waals surface area contributed by atoms with Crippen molar-refractivity contribution in [2.75, 3.05) is 6.26 Å². The van der Waals surface area contributed by atoms with E-state index >= 15 is 0 Å². The van der Waals surface area contributed by atoms with E-state index in [0.29, 0.717) is 6.42 Å². The molecule has 1 amide bonds. The van der Waals surface area contributed by atoms with E-state index in [1.165, 1.54) is 0 Å². The molecule has 1 atom stereocenters. The fraction of sp³-hybridized carbons (Fsp3) is 0.800. The van der Waals surface area contributed by atoms with Crippen LogP contribution in [0, 0.1) is 0 Å². The van der Waals surface area contributed by atoms with Crippen LogP contribution in [0.3, 0.4) is 0 Å². The zero-order valence-electron chi connectivity index (χ0n) is 5.59. The van der Waals surface area contributed by atoms with Crippen LogP contribution in [0.15, 0.2) is 0 Å². The average molecular weight is 149 g/mol. The van der Waals surface area contributed by atoms with Gasteiger partial charge in [0.2, 0.25) is 5.91 Å². The summed E-state index contributed by atoms with van der Waals surface area (Å²) >= 11 is 1.16. The number of hydrogen-bond donors (Lipinski definition) is 1. The standard InChI is InChI=1S/C5H11NO2S/c1-3-4(5(6)7)8-9-2/h4H,3H2,1-2H3,(H2,6,7)/t4-/m1/s1. The van der Waals surface area contributed by atoms with E-state index in [0.717, 1.165) is 12.0 Å². The van der Waals surface area contributed by atoms with Crippen LogP contribution in [0.2, 0.25) is 0 Å². The van der Waals surface area contributed by atoms with E-state index < -0.39 is 12.0 Å². The van der Waals surface area contributed by atoms with Crippen LogP contribution in [-0.2, 0) is 8.98 Å². The van der Waals surface area contributed by atoms with Crippen molar-refractivity contribution in [3.05, 3.63) is 0 Å². The third-order valence-electron chi connectivity index (χ3n) is 0.901. The van der Waals surface area contributed by atoms with E-state index in [1.807, 2.05) is 6.92 Å². The van der Waals surface area contributed by atoms with Crippen molar-refractivity contribution in [1.29, 1.82) is 0 Å². The fourth-order valence-corrected chi connectivity index (χ4v) is 0.896. The Morgan fingerprint density at radius 2 is 2.44 bits per heavy atom. The van der Waals surface area contributed by atoms with Crippen LogP contribution in [0.1, 0.15) is 13.3 Å². The lowest BCUT2D eigenvalue weighted by atomic mass is 10.3. The number of hydrogen-bond acceptors (Lipinski definition) is 3. The summed E-state index contributed by atoms with van der Waals surface area (Å²) in [6.07, 6.45) is 1.96. The van der Waals surface area contributed by atoms with Crippen molar-refractivity contribution in [2.45, 2.75) is 19.4 Å². The number of rotatable bonds is 4. The van der Waals surface area contributed by atoms with Crippen molar-refractivity contribution in [3.63, 3.8) is 0 Å². The van der Waals surface area contributed by atoms with E-state index in [1.54, 1.807) is 6.26 Å². The molecule has 4 heteroatoms. The van der Waals surface area contributed by atoms with Crippen LogP contribution in [0.5, 0.6) is 0 Å². The molecule has 2 N–H and O–H groups in total. The Balaban J connectivity index is 3.54. The molecular weight excluding hydrogens is 138 g/mol. The fourth-order valence-electron chi connectivity index (χ4n) is 0.433. The zero-order chi connectivity index (χ0) is 7.28. The first-order valence-electron chi connectivity index (χ1n) is 2.71. The molecule has 0 aliphatic rings. The lowest BCUT2D eigenvalue weighted by Gasteiger charge is -2.07. The SMILES string of the molecule is CC[C@@H](OSC)C(N)=O. The molecule has 0 unspecified atom stereocenters. The maximum Gasteiger partial charge on any atom is 0.247 e. The minimum Gasteiger partial charge on any atom is -0.367 e. The smallest absolute Gasteiger partial charge is 0.247 e. The Labute approximate surface area is 59.1 Å². The second kappa shape index (κ2) is 4.64. The molecule has 0 fully saturated rings. The maximum absolute atomic E-state index is 10.4. The monoisotopic (exact) mass is 149 g/mol. The Morgan fingerprint density at radius 3 is 2.56 bits per heavy atom. The molecule has 0 radical (unpaired) electrons. The summed E-state index contributed by atoms with van der Waals surface area (Å²) in [7, 11) is 0. The largest absolute Gasteiger partial charge is 0.367 e. The summed E-state index contributed by atoms with van der Waals surface area (Å²) < 4.78 is 4.89. The number of amides is 1. The molecule has 9 heavy (non-hydrogen) atoms. The van der Waals surface area contributed by atoms with Crippen molar-refractivity contribution < 1.29 is 8.98 Å². The predicted octanol–water partition coefficient (Wildman–Crippen LogP) is 0.545. The van der Waals surface area contributed by atoms with Crippen molar-refractivity contribution in [1.82, 2.24) is 0 Å². The highest BCUT2D eigenvalue weighted by Crippen LogP contribution is 2.05. The highest BCUT2D eigenvalue weighted by molar-refractivity contribution is 7.93.